The molecule has 0 saturated heterocycles. The Labute approximate surface area is 134 Å². The van der Waals surface area contributed by atoms with Crippen LogP contribution in [-0.2, 0) is 13.1 Å². The Kier molecular flexibility index (Phi) is 3.63. The number of ether oxygens (including phenoxy) is 2. The first-order chi connectivity index (χ1) is 11.3. The van der Waals surface area contributed by atoms with Crippen LogP contribution in [0.1, 0.15) is 17.1 Å². The van der Waals surface area contributed by atoms with E-state index < -0.39 is 0 Å². The zero-order valence-corrected chi connectivity index (χ0v) is 13.1. The van der Waals surface area contributed by atoms with Crippen molar-refractivity contribution in [1.82, 2.24) is 14.7 Å². The fourth-order valence-electron chi connectivity index (χ4n) is 2.92. The number of imidazole rings is 1. The molecule has 4 rings (SSSR count). The summed E-state index contributed by atoms with van der Waals surface area (Å²) in [6, 6.07) is 12.2. The van der Waals surface area contributed by atoms with Gasteiger partial charge in [-0.2, -0.15) is 0 Å². The average Bonchev–Trinajstić information content (AvgIpc) is 2.91. The molecule has 1 aromatic carbocycles. The van der Waals surface area contributed by atoms with Gasteiger partial charge in [-0.15, -0.1) is 0 Å². The number of aryl methyl sites for hydroxylation is 1. The number of pyridine rings is 1. The topological polar surface area (TPSA) is 47.8 Å². The van der Waals surface area contributed by atoms with E-state index in [4.69, 9.17) is 9.47 Å². The maximum atomic E-state index is 5.62. The molecule has 0 amide bonds. The molecule has 118 valence electrons. The van der Waals surface area contributed by atoms with E-state index >= 15 is 0 Å². The lowest BCUT2D eigenvalue weighted by molar-refractivity contribution is 0.171. The van der Waals surface area contributed by atoms with Crippen LogP contribution in [0.3, 0.4) is 0 Å². The summed E-state index contributed by atoms with van der Waals surface area (Å²) in [5.74, 6) is 2.67. The molecule has 0 atom stereocenters. The minimum Gasteiger partial charge on any atom is -0.486 e. The number of nitrogens with one attached hydrogen (secondary N) is 1. The van der Waals surface area contributed by atoms with Gasteiger partial charge in [0.1, 0.15) is 19.0 Å². The molecule has 23 heavy (non-hydrogen) atoms. The molecule has 0 unspecified atom stereocenters. The Morgan fingerprint density at radius 3 is 2.87 bits per heavy atom. The molecule has 0 bridgehead atoms. The third kappa shape index (κ3) is 2.75. The van der Waals surface area contributed by atoms with Crippen LogP contribution in [0, 0.1) is 6.92 Å². The molecule has 5 nitrogen and oxygen atoms in total. The first-order valence-electron chi connectivity index (χ1n) is 7.83. The van der Waals surface area contributed by atoms with E-state index in [2.05, 4.69) is 26.8 Å². The summed E-state index contributed by atoms with van der Waals surface area (Å²) in [6.45, 7) is 4.76. The molecule has 0 radical (unpaired) electrons. The lowest BCUT2D eigenvalue weighted by Gasteiger charge is -2.18. The van der Waals surface area contributed by atoms with Crippen LogP contribution in [0.4, 0.5) is 0 Å². The van der Waals surface area contributed by atoms with Gasteiger partial charge in [0.15, 0.2) is 11.5 Å². The van der Waals surface area contributed by atoms with Gasteiger partial charge >= 0.3 is 0 Å². The second kappa shape index (κ2) is 5.93. The van der Waals surface area contributed by atoms with Gasteiger partial charge in [-0.1, -0.05) is 12.1 Å². The molecule has 0 saturated carbocycles. The largest absolute Gasteiger partial charge is 0.486 e. The standard InChI is InChI=1S/C18H19N3O2/c1-13-20-15(16-4-2-3-7-21(13)16)12-19-11-14-5-6-17-18(10-14)23-9-8-22-17/h2-7,10,19H,8-9,11-12H2,1H3. The SMILES string of the molecule is Cc1nc(CNCc2ccc3c(c2)OCCO3)c2ccccn12. The predicted molar refractivity (Wildman–Crippen MR) is 87.9 cm³/mol. The highest BCUT2D eigenvalue weighted by Crippen LogP contribution is 2.30. The zero-order chi connectivity index (χ0) is 15.6. The van der Waals surface area contributed by atoms with Crippen molar-refractivity contribution in [3.05, 3.63) is 59.7 Å². The third-order valence-corrected chi connectivity index (χ3v) is 4.03. The summed E-state index contributed by atoms with van der Waals surface area (Å²) in [5.41, 5.74) is 3.40. The molecule has 0 spiro atoms. The Morgan fingerprint density at radius 2 is 1.96 bits per heavy atom. The van der Waals surface area contributed by atoms with Crippen molar-refractivity contribution in [2.45, 2.75) is 20.0 Å². The molecule has 0 aliphatic carbocycles. The highest BCUT2D eigenvalue weighted by Gasteiger charge is 2.12. The molecule has 3 aromatic rings. The summed E-state index contributed by atoms with van der Waals surface area (Å²) < 4.78 is 13.3. The van der Waals surface area contributed by atoms with E-state index in [1.807, 2.05) is 37.4 Å². The molecule has 3 heterocycles. The fourth-order valence-corrected chi connectivity index (χ4v) is 2.92. The van der Waals surface area contributed by atoms with Crippen molar-refractivity contribution in [2.75, 3.05) is 13.2 Å². The highest BCUT2D eigenvalue weighted by atomic mass is 16.6. The smallest absolute Gasteiger partial charge is 0.161 e. The molecule has 0 fully saturated rings. The maximum absolute atomic E-state index is 5.62. The third-order valence-electron chi connectivity index (χ3n) is 4.03. The van der Waals surface area contributed by atoms with E-state index in [1.54, 1.807) is 0 Å². The van der Waals surface area contributed by atoms with Gasteiger partial charge < -0.3 is 19.2 Å². The maximum Gasteiger partial charge on any atom is 0.161 e. The Balaban J connectivity index is 1.45. The average molecular weight is 309 g/mol. The molecular formula is C18H19N3O2. The van der Waals surface area contributed by atoms with Gasteiger partial charge in [0.25, 0.3) is 0 Å². The molecule has 1 aliphatic heterocycles. The monoisotopic (exact) mass is 309 g/mol. The molecule has 2 aromatic heterocycles. The lowest BCUT2D eigenvalue weighted by Crippen LogP contribution is -2.17. The van der Waals surface area contributed by atoms with Crippen LogP contribution in [0.2, 0.25) is 0 Å². The Bertz CT molecular complexity index is 841. The van der Waals surface area contributed by atoms with Crippen molar-refractivity contribution < 1.29 is 9.47 Å². The van der Waals surface area contributed by atoms with Crippen molar-refractivity contribution in [3.8, 4) is 11.5 Å². The summed E-state index contributed by atoms with van der Waals surface area (Å²) in [5, 5.41) is 3.46. The van der Waals surface area contributed by atoms with Crippen molar-refractivity contribution >= 4 is 5.52 Å². The van der Waals surface area contributed by atoms with Crippen LogP contribution in [-0.4, -0.2) is 22.6 Å². The van der Waals surface area contributed by atoms with Crippen LogP contribution < -0.4 is 14.8 Å². The highest BCUT2D eigenvalue weighted by molar-refractivity contribution is 5.53. The lowest BCUT2D eigenvalue weighted by atomic mass is 10.2. The number of nitrogens with zero attached hydrogens (tertiary/aromatic N) is 2. The van der Waals surface area contributed by atoms with Gasteiger partial charge in [-0.05, 0) is 36.8 Å². The number of rotatable bonds is 4. The zero-order valence-electron chi connectivity index (χ0n) is 13.1. The molecule has 1 aliphatic rings. The summed E-state index contributed by atoms with van der Waals surface area (Å²) in [6.07, 6.45) is 2.04. The van der Waals surface area contributed by atoms with E-state index in [0.717, 1.165) is 41.6 Å². The first-order valence-corrected chi connectivity index (χ1v) is 7.83. The first kappa shape index (κ1) is 14.1. The number of aromatic nitrogens is 2. The van der Waals surface area contributed by atoms with Gasteiger partial charge in [0.05, 0.1) is 11.2 Å². The van der Waals surface area contributed by atoms with Crippen LogP contribution in [0.25, 0.3) is 5.52 Å². The predicted octanol–water partition coefficient (Wildman–Crippen LogP) is 2.70. The Morgan fingerprint density at radius 1 is 1.09 bits per heavy atom. The number of hydrogen-bond acceptors (Lipinski definition) is 4. The molecule has 1 N–H and O–H groups in total. The van der Waals surface area contributed by atoms with Gasteiger partial charge in [0, 0.05) is 19.3 Å². The van der Waals surface area contributed by atoms with Crippen LogP contribution in [0.15, 0.2) is 42.6 Å². The van der Waals surface area contributed by atoms with Crippen LogP contribution >= 0.6 is 0 Å². The van der Waals surface area contributed by atoms with Gasteiger partial charge in [0.2, 0.25) is 0 Å². The summed E-state index contributed by atoms with van der Waals surface area (Å²) >= 11 is 0. The van der Waals surface area contributed by atoms with E-state index in [0.29, 0.717) is 13.2 Å². The van der Waals surface area contributed by atoms with Crippen LogP contribution in [0.5, 0.6) is 11.5 Å². The second-order valence-corrected chi connectivity index (χ2v) is 5.64. The molecular weight excluding hydrogens is 290 g/mol. The van der Waals surface area contributed by atoms with E-state index in [9.17, 15) is 0 Å². The fraction of sp³-hybridized carbons (Fsp3) is 0.278. The second-order valence-electron chi connectivity index (χ2n) is 5.64. The number of hydrogen-bond donors (Lipinski definition) is 1. The van der Waals surface area contributed by atoms with Crippen molar-refractivity contribution in [2.24, 2.45) is 0 Å². The quantitative estimate of drug-likeness (QED) is 0.805. The summed E-state index contributed by atoms with van der Waals surface area (Å²) in [4.78, 5) is 4.65. The summed E-state index contributed by atoms with van der Waals surface area (Å²) in [7, 11) is 0. The minimum absolute atomic E-state index is 0.615. The van der Waals surface area contributed by atoms with Gasteiger partial charge in [-0.25, -0.2) is 4.98 Å². The van der Waals surface area contributed by atoms with Crippen molar-refractivity contribution in [3.63, 3.8) is 0 Å². The Hall–Kier alpha value is -2.53. The number of fused-ring (bicyclic) bond motifs is 2. The minimum atomic E-state index is 0.615. The van der Waals surface area contributed by atoms with E-state index in [-0.39, 0.29) is 0 Å². The molecule has 5 heteroatoms. The normalized spacial score (nSPS) is 13.4. The number of benzene rings is 1. The van der Waals surface area contributed by atoms with Gasteiger partial charge in [-0.3, -0.25) is 0 Å². The van der Waals surface area contributed by atoms with E-state index in [1.165, 1.54) is 5.56 Å². The van der Waals surface area contributed by atoms with Crippen molar-refractivity contribution in [1.29, 1.82) is 0 Å².